The fourth-order valence-corrected chi connectivity index (χ4v) is 4.35. The van der Waals surface area contributed by atoms with Crippen molar-refractivity contribution < 1.29 is 0 Å². The van der Waals surface area contributed by atoms with Crippen LogP contribution in [0.5, 0.6) is 0 Å². The van der Waals surface area contributed by atoms with E-state index < -0.39 is 0 Å². The fourth-order valence-electron chi connectivity index (χ4n) is 4.08. The Hall–Kier alpha value is -2.59. The maximum Gasteiger partial charge on any atom is 0.204 e. The number of nitrogens with zero attached hydrogens (tertiary/aromatic N) is 2. The molecule has 0 amide bonds. The molecule has 0 bridgehead atoms. The highest BCUT2D eigenvalue weighted by atomic mass is 79.9. The zero-order valence-corrected chi connectivity index (χ0v) is 16.6. The van der Waals surface area contributed by atoms with E-state index in [0.717, 1.165) is 22.4 Å². The van der Waals surface area contributed by atoms with Crippen LogP contribution in [0.25, 0.3) is 11.0 Å². The number of hydrogen-bond acceptors (Lipinski definition) is 2. The van der Waals surface area contributed by atoms with Crippen molar-refractivity contribution in [3.8, 4) is 0 Å². The third-order valence-electron chi connectivity index (χ3n) is 5.37. The first-order valence-electron chi connectivity index (χ1n) is 9.24. The van der Waals surface area contributed by atoms with E-state index in [2.05, 4.69) is 106 Å². The van der Waals surface area contributed by atoms with E-state index in [4.69, 9.17) is 4.98 Å². The van der Waals surface area contributed by atoms with Crippen molar-refractivity contribution in [2.45, 2.75) is 25.4 Å². The zero-order chi connectivity index (χ0) is 18.4. The van der Waals surface area contributed by atoms with Gasteiger partial charge >= 0.3 is 0 Å². The summed E-state index contributed by atoms with van der Waals surface area (Å²) < 4.78 is 3.46. The summed E-state index contributed by atoms with van der Waals surface area (Å²) >= 11 is 3.54. The lowest BCUT2D eigenvalue weighted by Crippen LogP contribution is -2.27. The van der Waals surface area contributed by atoms with Crippen molar-refractivity contribution in [1.82, 2.24) is 9.55 Å². The van der Waals surface area contributed by atoms with Gasteiger partial charge in [-0.05, 0) is 48.7 Å². The van der Waals surface area contributed by atoms with Crippen molar-refractivity contribution in [2.24, 2.45) is 0 Å². The lowest BCUT2D eigenvalue weighted by Gasteiger charge is -2.33. The van der Waals surface area contributed by atoms with Crippen molar-refractivity contribution in [3.05, 3.63) is 94.0 Å². The number of benzene rings is 3. The van der Waals surface area contributed by atoms with Crippen LogP contribution in [0.2, 0.25) is 0 Å². The molecule has 5 rings (SSSR count). The van der Waals surface area contributed by atoms with Gasteiger partial charge in [-0.1, -0.05) is 70.0 Å². The Bertz CT molecular complexity index is 1110. The van der Waals surface area contributed by atoms with Crippen molar-refractivity contribution in [2.75, 3.05) is 5.32 Å². The SMILES string of the molecule is Cc1cccc([C@H]2C[C@H](c3ccc(Br)cc3)Nc3nc4ccccc4n32)c1. The van der Waals surface area contributed by atoms with Gasteiger partial charge in [0, 0.05) is 4.47 Å². The quantitative estimate of drug-likeness (QED) is 0.417. The maximum atomic E-state index is 4.89. The Morgan fingerprint density at radius 1 is 0.963 bits per heavy atom. The highest BCUT2D eigenvalue weighted by Gasteiger charge is 2.30. The van der Waals surface area contributed by atoms with Crippen LogP contribution in [-0.2, 0) is 0 Å². The Kier molecular flexibility index (Phi) is 4.01. The number of fused-ring (bicyclic) bond motifs is 3. The van der Waals surface area contributed by atoms with Crippen LogP contribution in [0.15, 0.2) is 77.3 Å². The fraction of sp³-hybridized carbons (Fsp3) is 0.174. The first-order valence-corrected chi connectivity index (χ1v) is 10.0. The molecule has 0 unspecified atom stereocenters. The molecular weight excluding hydrogens is 398 g/mol. The van der Waals surface area contributed by atoms with E-state index in [1.165, 1.54) is 22.2 Å². The molecule has 0 fully saturated rings. The Morgan fingerprint density at radius 3 is 2.59 bits per heavy atom. The molecule has 0 aliphatic carbocycles. The number of para-hydroxylation sites is 2. The summed E-state index contributed by atoms with van der Waals surface area (Å²) in [6.45, 7) is 2.16. The Labute approximate surface area is 167 Å². The number of aryl methyl sites for hydroxylation is 1. The number of hydrogen-bond donors (Lipinski definition) is 1. The van der Waals surface area contributed by atoms with Crippen LogP contribution in [0.3, 0.4) is 0 Å². The molecule has 2 heterocycles. The Morgan fingerprint density at radius 2 is 1.78 bits per heavy atom. The van der Waals surface area contributed by atoms with E-state index in [1.807, 2.05) is 0 Å². The van der Waals surface area contributed by atoms with Crippen LogP contribution < -0.4 is 5.32 Å². The summed E-state index contributed by atoms with van der Waals surface area (Å²) in [7, 11) is 0. The predicted molar refractivity (Wildman–Crippen MR) is 114 cm³/mol. The van der Waals surface area contributed by atoms with Gasteiger partial charge in [0.1, 0.15) is 0 Å². The van der Waals surface area contributed by atoms with Gasteiger partial charge in [0.15, 0.2) is 0 Å². The molecule has 0 radical (unpaired) electrons. The minimum absolute atomic E-state index is 0.230. The summed E-state index contributed by atoms with van der Waals surface area (Å²) in [6.07, 6.45) is 0.985. The average Bonchev–Trinajstić information content (AvgIpc) is 3.06. The summed E-state index contributed by atoms with van der Waals surface area (Å²) in [5.41, 5.74) is 6.13. The van der Waals surface area contributed by atoms with Crippen LogP contribution in [0, 0.1) is 6.92 Å². The molecule has 1 N–H and O–H groups in total. The Balaban J connectivity index is 1.67. The molecule has 2 atom stereocenters. The van der Waals surface area contributed by atoms with Gasteiger partial charge < -0.3 is 9.88 Å². The van der Waals surface area contributed by atoms with Gasteiger partial charge in [-0.3, -0.25) is 0 Å². The van der Waals surface area contributed by atoms with Crippen molar-refractivity contribution in [1.29, 1.82) is 0 Å². The van der Waals surface area contributed by atoms with Gasteiger partial charge in [-0.15, -0.1) is 0 Å². The normalized spacial score (nSPS) is 18.9. The number of aromatic nitrogens is 2. The van der Waals surface area contributed by atoms with E-state index >= 15 is 0 Å². The molecule has 27 heavy (non-hydrogen) atoms. The number of imidazole rings is 1. The maximum absolute atomic E-state index is 4.89. The smallest absolute Gasteiger partial charge is 0.204 e. The number of anilines is 1. The van der Waals surface area contributed by atoms with Gasteiger partial charge in [-0.25, -0.2) is 4.98 Å². The highest BCUT2D eigenvalue weighted by molar-refractivity contribution is 9.10. The summed E-state index contributed by atoms with van der Waals surface area (Å²) in [5.74, 6) is 0.946. The second kappa shape index (κ2) is 6.54. The molecular formula is C23H20BrN3. The highest BCUT2D eigenvalue weighted by Crippen LogP contribution is 2.41. The van der Waals surface area contributed by atoms with Crippen LogP contribution in [0.1, 0.15) is 35.2 Å². The molecule has 0 spiro atoms. The first-order chi connectivity index (χ1) is 13.2. The minimum atomic E-state index is 0.230. The second-order valence-corrected chi connectivity index (χ2v) is 8.12. The largest absolute Gasteiger partial charge is 0.349 e. The van der Waals surface area contributed by atoms with Crippen molar-refractivity contribution >= 4 is 32.9 Å². The monoisotopic (exact) mass is 417 g/mol. The molecule has 134 valence electrons. The minimum Gasteiger partial charge on any atom is -0.349 e. The molecule has 0 saturated heterocycles. The molecule has 4 aromatic rings. The summed E-state index contributed by atoms with van der Waals surface area (Å²) in [4.78, 5) is 4.89. The molecule has 1 aliphatic heterocycles. The third-order valence-corrected chi connectivity index (χ3v) is 5.90. The molecule has 0 saturated carbocycles. The third kappa shape index (κ3) is 2.94. The number of nitrogens with one attached hydrogen (secondary N) is 1. The standard InChI is InChI=1S/C23H20BrN3/c1-15-5-4-6-17(13-15)22-14-20(16-9-11-18(24)12-10-16)26-23-25-19-7-2-3-8-21(19)27(22)23/h2-13,20,22H,14H2,1H3,(H,25,26)/t20-,22-/m1/s1. The summed E-state index contributed by atoms with van der Waals surface area (Å²) in [5, 5.41) is 3.67. The van der Waals surface area contributed by atoms with Crippen LogP contribution in [-0.4, -0.2) is 9.55 Å². The predicted octanol–water partition coefficient (Wildman–Crippen LogP) is 6.25. The van der Waals surface area contributed by atoms with Gasteiger partial charge in [0.25, 0.3) is 0 Å². The molecule has 3 aromatic carbocycles. The van der Waals surface area contributed by atoms with Crippen LogP contribution in [0.4, 0.5) is 5.95 Å². The van der Waals surface area contributed by atoms with Crippen LogP contribution >= 0.6 is 15.9 Å². The molecule has 4 heteroatoms. The molecule has 3 nitrogen and oxygen atoms in total. The van der Waals surface area contributed by atoms with E-state index in [9.17, 15) is 0 Å². The topological polar surface area (TPSA) is 29.9 Å². The second-order valence-electron chi connectivity index (χ2n) is 7.21. The average molecular weight is 418 g/mol. The van der Waals surface area contributed by atoms with Gasteiger partial charge in [0.05, 0.1) is 23.1 Å². The van der Waals surface area contributed by atoms with Gasteiger partial charge in [-0.2, -0.15) is 0 Å². The molecule has 1 aromatic heterocycles. The first kappa shape index (κ1) is 16.6. The summed E-state index contributed by atoms with van der Waals surface area (Å²) in [6, 6.07) is 26.3. The molecule has 1 aliphatic rings. The van der Waals surface area contributed by atoms with Crippen molar-refractivity contribution in [3.63, 3.8) is 0 Å². The lowest BCUT2D eigenvalue weighted by molar-refractivity contribution is 0.477. The number of rotatable bonds is 2. The number of halogens is 1. The lowest BCUT2D eigenvalue weighted by atomic mass is 9.92. The van der Waals surface area contributed by atoms with E-state index in [1.54, 1.807) is 0 Å². The van der Waals surface area contributed by atoms with E-state index in [-0.39, 0.29) is 12.1 Å². The zero-order valence-electron chi connectivity index (χ0n) is 15.1. The van der Waals surface area contributed by atoms with Gasteiger partial charge in [0.2, 0.25) is 5.95 Å². The van der Waals surface area contributed by atoms with E-state index in [0.29, 0.717) is 0 Å².